The van der Waals surface area contributed by atoms with E-state index in [-0.39, 0.29) is 11.2 Å². The largest absolute Gasteiger partial charge is 0.497 e. The van der Waals surface area contributed by atoms with Gasteiger partial charge in [-0.05, 0) is 50.6 Å². The van der Waals surface area contributed by atoms with Crippen molar-refractivity contribution in [1.29, 1.82) is 0 Å². The molecule has 0 saturated carbocycles. The second-order valence-corrected chi connectivity index (χ2v) is 5.64. The minimum atomic E-state index is -0.105. The molecule has 1 atom stereocenters. The first kappa shape index (κ1) is 15.9. The fourth-order valence-corrected chi connectivity index (χ4v) is 2.43. The van der Waals surface area contributed by atoms with Gasteiger partial charge < -0.3 is 15.8 Å². The normalized spacial score (nSPS) is 11.9. The monoisotopic (exact) mass is 282 g/mol. The van der Waals surface area contributed by atoms with Crippen LogP contribution in [0.4, 0.5) is 0 Å². The molecular weight excluding hydrogens is 260 g/mol. The molecule has 4 nitrogen and oxygen atoms in total. The van der Waals surface area contributed by atoms with E-state index in [9.17, 15) is 4.79 Å². The van der Waals surface area contributed by atoms with Crippen LogP contribution in [-0.4, -0.2) is 31.4 Å². The third-order valence-corrected chi connectivity index (χ3v) is 3.78. The zero-order valence-electron chi connectivity index (χ0n) is 11.5. The number of amides is 1. The smallest absolute Gasteiger partial charge is 0.233 e. The van der Waals surface area contributed by atoms with Gasteiger partial charge in [-0.25, -0.2) is 0 Å². The van der Waals surface area contributed by atoms with E-state index < -0.39 is 0 Å². The van der Waals surface area contributed by atoms with Crippen molar-refractivity contribution in [2.24, 2.45) is 5.73 Å². The van der Waals surface area contributed by atoms with E-state index in [0.29, 0.717) is 13.1 Å². The highest BCUT2D eigenvalue weighted by atomic mass is 32.2. The van der Waals surface area contributed by atoms with E-state index in [4.69, 9.17) is 10.5 Å². The summed E-state index contributed by atoms with van der Waals surface area (Å²) in [6.45, 7) is 3.28. The fraction of sp³-hybridized carbons (Fsp3) is 0.500. The molecule has 0 aliphatic rings. The lowest BCUT2D eigenvalue weighted by molar-refractivity contribution is -0.120. The summed E-state index contributed by atoms with van der Waals surface area (Å²) in [5.74, 6) is 0.890. The second-order valence-electron chi connectivity index (χ2n) is 4.22. The molecule has 0 aromatic heterocycles. The van der Waals surface area contributed by atoms with E-state index in [0.717, 1.165) is 23.5 Å². The number of methoxy groups -OCH3 is 1. The maximum Gasteiger partial charge on any atom is 0.233 e. The standard InChI is InChI=1S/C14H22N2O2S/c1-11(14(17)16-10-4-3-9-15)19-13-7-5-12(18-2)6-8-13/h5-8,11H,3-4,9-10,15H2,1-2H3,(H,16,17). The highest BCUT2D eigenvalue weighted by molar-refractivity contribution is 8.00. The summed E-state index contributed by atoms with van der Waals surface area (Å²) in [5.41, 5.74) is 5.40. The fourth-order valence-electron chi connectivity index (χ4n) is 1.54. The maximum atomic E-state index is 11.8. The van der Waals surface area contributed by atoms with Gasteiger partial charge in [-0.3, -0.25) is 4.79 Å². The van der Waals surface area contributed by atoms with Crippen LogP contribution in [0.5, 0.6) is 5.75 Å². The van der Waals surface area contributed by atoms with Gasteiger partial charge in [0.2, 0.25) is 5.91 Å². The molecule has 3 N–H and O–H groups in total. The summed E-state index contributed by atoms with van der Waals surface area (Å²) in [4.78, 5) is 12.9. The average molecular weight is 282 g/mol. The molecule has 1 aromatic carbocycles. The van der Waals surface area contributed by atoms with Gasteiger partial charge in [0.25, 0.3) is 0 Å². The Morgan fingerprint density at radius 2 is 2.05 bits per heavy atom. The van der Waals surface area contributed by atoms with Gasteiger partial charge in [-0.2, -0.15) is 0 Å². The Morgan fingerprint density at radius 3 is 2.63 bits per heavy atom. The number of benzene rings is 1. The number of thioether (sulfide) groups is 1. The van der Waals surface area contributed by atoms with Crippen LogP contribution in [0.25, 0.3) is 0 Å². The van der Waals surface area contributed by atoms with Crippen LogP contribution < -0.4 is 15.8 Å². The van der Waals surface area contributed by atoms with Gasteiger partial charge in [0.05, 0.1) is 12.4 Å². The summed E-state index contributed by atoms with van der Waals surface area (Å²) in [6, 6.07) is 7.71. The first-order valence-corrected chi connectivity index (χ1v) is 7.34. The van der Waals surface area contributed by atoms with Crippen molar-refractivity contribution in [3.63, 3.8) is 0 Å². The zero-order valence-corrected chi connectivity index (χ0v) is 12.3. The number of ether oxygens (including phenoxy) is 1. The highest BCUT2D eigenvalue weighted by Crippen LogP contribution is 2.25. The number of rotatable bonds is 8. The van der Waals surface area contributed by atoms with Crippen LogP contribution in [0.2, 0.25) is 0 Å². The molecule has 0 bridgehead atoms. The van der Waals surface area contributed by atoms with Crippen molar-refractivity contribution in [2.75, 3.05) is 20.2 Å². The Hall–Kier alpha value is -1.20. The summed E-state index contributed by atoms with van der Waals surface area (Å²) in [5, 5.41) is 2.81. The highest BCUT2D eigenvalue weighted by Gasteiger charge is 2.13. The van der Waals surface area contributed by atoms with E-state index in [1.54, 1.807) is 18.9 Å². The summed E-state index contributed by atoms with van der Waals surface area (Å²) in [6.07, 6.45) is 1.88. The third kappa shape index (κ3) is 5.98. The van der Waals surface area contributed by atoms with Crippen molar-refractivity contribution in [3.05, 3.63) is 24.3 Å². The molecule has 106 valence electrons. The molecule has 0 fully saturated rings. The van der Waals surface area contributed by atoms with Crippen LogP contribution in [0.3, 0.4) is 0 Å². The topological polar surface area (TPSA) is 64.3 Å². The molecule has 0 radical (unpaired) electrons. The minimum Gasteiger partial charge on any atom is -0.497 e. The van der Waals surface area contributed by atoms with Gasteiger partial charge in [-0.15, -0.1) is 11.8 Å². The Kier molecular flexibility index (Phi) is 7.36. The van der Waals surface area contributed by atoms with Gasteiger partial charge in [-0.1, -0.05) is 0 Å². The molecule has 1 rings (SSSR count). The molecule has 1 unspecified atom stereocenters. The van der Waals surface area contributed by atoms with Gasteiger partial charge in [0, 0.05) is 11.4 Å². The predicted molar refractivity (Wildman–Crippen MR) is 79.6 cm³/mol. The van der Waals surface area contributed by atoms with Gasteiger partial charge in [0.15, 0.2) is 0 Å². The van der Waals surface area contributed by atoms with Crippen molar-refractivity contribution in [1.82, 2.24) is 5.32 Å². The minimum absolute atomic E-state index is 0.0674. The van der Waals surface area contributed by atoms with Crippen molar-refractivity contribution < 1.29 is 9.53 Å². The van der Waals surface area contributed by atoms with E-state index >= 15 is 0 Å². The number of nitrogens with one attached hydrogen (secondary N) is 1. The molecule has 0 aliphatic carbocycles. The Bertz CT molecular complexity index is 382. The second kappa shape index (κ2) is 8.82. The van der Waals surface area contributed by atoms with E-state index in [1.165, 1.54) is 0 Å². The maximum absolute atomic E-state index is 11.8. The lowest BCUT2D eigenvalue weighted by Crippen LogP contribution is -2.31. The quantitative estimate of drug-likeness (QED) is 0.565. The van der Waals surface area contributed by atoms with Crippen molar-refractivity contribution in [2.45, 2.75) is 29.9 Å². The average Bonchev–Trinajstić information content (AvgIpc) is 2.44. The van der Waals surface area contributed by atoms with E-state index in [2.05, 4.69) is 5.32 Å². The number of unbranched alkanes of at least 4 members (excludes halogenated alkanes) is 1. The Balaban J connectivity index is 2.35. The zero-order chi connectivity index (χ0) is 14.1. The predicted octanol–water partition coefficient (Wildman–Crippen LogP) is 2.03. The number of carbonyl (C=O) groups is 1. The molecule has 0 spiro atoms. The molecule has 1 amide bonds. The van der Waals surface area contributed by atoms with Gasteiger partial charge in [0.1, 0.15) is 5.75 Å². The summed E-state index contributed by atoms with van der Waals surface area (Å²) in [7, 11) is 1.64. The Labute approximate surface area is 119 Å². The summed E-state index contributed by atoms with van der Waals surface area (Å²) >= 11 is 1.54. The molecule has 1 aromatic rings. The van der Waals surface area contributed by atoms with Crippen LogP contribution in [0.1, 0.15) is 19.8 Å². The number of nitrogens with two attached hydrogens (primary N) is 1. The van der Waals surface area contributed by atoms with E-state index in [1.807, 2.05) is 31.2 Å². The molecule has 0 heterocycles. The number of hydrogen-bond donors (Lipinski definition) is 2. The third-order valence-electron chi connectivity index (χ3n) is 2.67. The molecular formula is C14H22N2O2S. The van der Waals surface area contributed by atoms with Crippen molar-refractivity contribution >= 4 is 17.7 Å². The van der Waals surface area contributed by atoms with Crippen LogP contribution >= 0.6 is 11.8 Å². The molecule has 0 saturated heterocycles. The molecule has 19 heavy (non-hydrogen) atoms. The van der Waals surface area contributed by atoms with Crippen LogP contribution in [0, 0.1) is 0 Å². The first-order chi connectivity index (χ1) is 9.17. The van der Waals surface area contributed by atoms with Gasteiger partial charge >= 0.3 is 0 Å². The lowest BCUT2D eigenvalue weighted by atomic mass is 10.3. The lowest BCUT2D eigenvalue weighted by Gasteiger charge is -2.12. The van der Waals surface area contributed by atoms with Crippen LogP contribution in [-0.2, 0) is 4.79 Å². The number of carbonyl (C=O) groups excluding carboxylic acids is 1. The molecule has 5 heteroatoms. The molecule has 0 aliphatic heterocycles. The first-order valence-electron chi connectivity index (χ1n) is 6.46. The summed E-state index contributed by atoms with van der Waals surface area (Å²) < 4.78 is 5.10. The number of hydrogen-bond acceptors (Lipinski definition) is 4. The van der Waals surface area contributed by atoms with Crippen molar-refractivity contribution in [3.8, 4) is 5.75 Å². The van der Waals surface area contributed by atoms with Crippen LogP contribution in [0.15, 0.2) is 29.2 Å². The SMILES string of the molecule is COc1ccc(SC(C)C(=O)NCCCCN)cc1. The Morgan fingerprint density at radius 1 is 1.37 bits per heavy atom.